The summed E-state index contributed by atoms with van der Waals surface area (Å²) in [6.07, 6.45) is 3.65. The SMILES string of the molecule is Ic1cc2ccc(-c3cccc(-c4ccc5ccc6cccnc6c5n4)c3)nc2c2ncccc12. The van der Waals surface area contributed by atoms with Crippen molar-refractivity contribution >= 4 is 66.2 Å². The number of benzene rings is 3. The number of aromatic nitrogens is 4. The summed E-state index contributed by atoms with van der Waals surface area (Å²) < 4.78 is 1.18. The standard InChI is InChI=1S/C30H17IN4/c31-24-17-22-11-13-26(35-29(22)30-23(24)7-3-15-33-30)21-5-1-4-20(16-21)25-12-10-19-9-8-18-6-2-14-32-27(18)28(19)34-25/h1-17H. The van der Waals surface area contributed by atoms with Gasteiger partial charge in [-0.15, -0.1) is 0 Å². The molecule has 0 atom stereocenters. The molecule has 0 spiro atoms. The third-order valence-electron chi connectivity index (χ3n) is 6.38. The third-order valence-corrected chi connectivity index (χ3v) is 7.28. The van der Waals surface area contributed by atoms with Gasteiger partial charge in [-0.1, -0.05) is 54.6 Å². The first-order chi connectivity index (χ1) is 17.2. The zero-order valence-corrected chi connectivity index (χ0v) is 20.6. The van der Waals surface area contributed by atoms with Gasteiger partial charge in [0, 0.05) is 48.6 Å². The lowest BCUT2D eigenvalue weighted by Gasteiger charge is -2.09. The maximum absolute atomic E-state index is 5.04. The average molecular weight is 560 g/mol. The molecule has 4 aromatic heterocycles. The Morgan fingerprint density at radius 3 is 1.86 bits per heavy atom. The molecule has 0 saturated carbocycles. The molecule has 35 heavy (non-hydrogen) atoms. The lowest BCUT2D eigenvalue weighted by atomic mass is 10.0. The van der Waals surface area contributed by atoms with E-state index in [4.69, 9.17) is 9.97 Å². The zero-order valence-electron chi connectivity index (χ0n) is 18.5. The summed E-state index contributed by atoms with van der Waals surface area (Å²) in [7, 11) is 0. The van der Waals surface area contributed by atoms with Gasteiger partial charge in [0.2, 0.25) is 0 Å². The predicted molar refractivity (Wildman–Crippen MR) is 151 cm³/mol. The highest BCUT2D eigenvalue weighted by Crippen LogP contribution is 2.31. The Balaban J connectivity index is 1.38. The molecule has 4 nitrogen and oxygen atoms in total. The minimum absolute atomic E-state index is 0.917. The van der Waals surface area contributed by atoms with Gasteiger partial charge in [-0.25, -0.2) is 9.97 Å². The molecule has 0 fully saturated rings. The van der Waals surface area contributed by atoms with E-state index in [9.17, 15) is 0 Å². The van der Waals surface area contributed by atoms with Gasteiger partial charge in [-0.3, -0.25) is 9.97 Å². The number of halogens is 1. The molecular weight excluding hydrogens is 543 g/mol. The first kappa shape index (κ1) is 20.4. The van der Waals surface area contributed by atoms with Gasteiger partial charge in [0.25, 0.3) is 0 Å². The fourth-order valence-corrected chi connectivity index (χ4v) is 5.43. The summed E-state index contributed by atoms with van der Waals surface area (Å²) in [5.74, 6) is 0. The number of hydrogen-bond acceptors (Lipinski definition) is 4. The lowest BCUT2D eigenvalue weighted by Crippen LogP contribution is -1.92. The molecule has 0 aliphatic rings. The Bertz CT molecular complexity index is 1930. The third kappa shape index (κ3) is 3.42. The summed E-state index contributed by atoms with van der Waals surface area (Å²) in [5.41, 5.74) is 7.62. The number of nitrogens with zero attached hydrogens (tertiary/aromatic N) is 4. The van der Waals surface area contributed by atoms with Crippen LogP contribution in [-0.2, 0) is 0 Å². The van der Waals surface area contributed by atoms with Gasteiger partial charge < -0.3 is 0 Å². The van der Waals surface area contributed by atoms with Crippen molar-refractivity contribution in [3.8, 4) is 22.5 Å². The molecule has 0 radical (unpaired) electrons. The second kappa shape index (κ2) is 8.06. The monoisotopic (exact) mass is 560 g/mol. The Morgan fingerprint density at radius 1 is 0.486 bits per heavy atom. The van der Waals surface area contributed by atoms with Crippen LogP contribution in [0.15, 0.2) is 103 Å². The predicted octanol–water partition coefficient (Wildman–Crippen LogP) is 7.82. The second-order valence-corrected chi connectivity index (χ2v) is 9.68. The first-order valence-electron chi connectivity index (χ1n) is 11.3. The van der Waals surface area contributed by atoms with Crippen LogP contribution in [0, 0.1) is 3.57 Å². The molecule has 0 amide bonds. The highest BCUT2D eigenvalue weighted by Gasteiger charge is 2.11. The number of rotatable bonds is 2. The van der Waals surface area contributed by atoms with Gasteiger partial charge in [0.15, 0.2) is 0 Å². The fourth-order valence-electron chi connectivity index (χ4n) is 4.66. The van der Waals surface area contributed by atoms with Gasteiger partial charge in [-0.2, -0.15) is 0 Å². The van der Waals surface area contributed by atoms with E-state index >= 15 is 0 Å². The largest absolute Gasteiger partial charge is 0.254 e. The Morgan fingerprint density at radius 2 is 1.09 bits per heavy atom. The van der Waals surface area contributed by atoms with E-state index in [0.29, 0.717) is 0 Å². The van der Waals surface area contributed by atoms with Crippen molar-refractivity contribution in [2.75, 3.05) is 0 Å². The van der Waals surface area contributed by atoms with Crippen LogP contribution in [0.3, 0.4) is 0 Å². The molecule has 4 heterocycles. The highest BCUT2D eigenvalue weighted by molar-refractivity contribution is 14.1. The maximum atomic E-state index is 5.04. The van der Waals surface area contributed by atoms with E-state index in [-0.39, 0.29) is 0 Å². The second-order valence-electron chi connectivity index (χ2n) is 8.52. The van der Waals surface area contributed by atoms with Crippen molar-refractivity contribution in [2.45, 2.75) is 0 Å². The van der Waals surface area contributed by atoms with E-state index < -0.39 is 0 Å². The van der Waals surface area contributed by atoms with Crippen LogP contribution >= 0.6 is 22.6 Å². The normalized spacial score (nSPS) is 11.6. The van der Waals surface area contributed by atoms with Gasteiger partial charge in [0.05, 0.1) is 33.5 Å². The van der Waals surface area contributed by atoms with Crippen molar-refractivity contribution in [1.82, 2.24) is 19.9 Å². The quantitative estimate of drug-likeness (QED) is 0.160. The number of hydrogen-bond donors (Lipinski definition) is 0. The van der Waals surface area contributed by atoms with E-state index in [1.165, 1.54) is 3.57 Å². The molecule has 164 valence electrons. The molecule has 0 unspecified atom stereocenters. The smallest absolute Gasteiger partial charge is 0.0975 e. The molecule has 0 saturated heterocycles. The first-order valence-corrected chi connectivity index (χ1v) is 12.4. The zero-order chi connectivity index (χ0) is 23.4. The average Bonchev–Trinajstić information content (AvgIpc) is 2.93. The van der Waals surface area contributed by atoms with Crippen molar-refractivity contribution in [3.63, 3.8) is 0 Å². The molecule has 3 aromatic carbocycles. The minimum atomic E-state index is 0.917. The molecule has 0 N–H and O–H groups in total. The highest BCUT2D eigenvalue weighted by atomic mass is 127. The summed E-state index contributed by atoms with van der Waals surface area (Å²) in [6.45, 7) is 0. The Labute approximate surface area is 214 Å². The van der Waals surface area contributed by atoms with Crippen LogP contribution in [-0.4, -0.2) is 19.9 Å². The van der Waals surface area contributed by atoms with Gasteiger partial charge >= 0.3 is 0 Å². The summed E-state index contributed by atoms with van der Waals surface area (Å²) in [5, 5.41) is 4.40. The maximum Gasteiger partial charge on any atom is 0.0975 e. The van der Waals surface area contributed by atoms with Gasteiger partial charge in [0.1, 0.15) is 0 Å². The molecule has 5 heteroatoms. The number of fused-ring (bicyclic) bond motifs is 6. The van der Waals surface area contributed by atoms with E-state index in [2.05, 4.69) is 111 Å². The Kier molecular flexibility index (Phi) is 4.70. The topological polar surface area (TPSA) is 51.6 Å². The van der Waals surface area contributed by atoms with E-state index in [0.717, 1.165) is 66.1 Å². The lowest BCUT2D eigenvalue weighted by molar-refractivity contribution is 1.36. The van der Waals surface area contributed by atoms with Gasteiger partial charge in [-0.05, 0) is 59.0 Å². The van der Waals surface area contributed by atoms with E-state index in [1.54, 1.807) is 0 Å². The molecule has 0 aliphatic heterocycles. The van der Waals surface area contributed by atoms with Crippen molar-refractivity contribution in [2.24, 2.45) is 0 Å². The molecule has 0 aliphatic carbocycles. The summed E-state index contributed by atoms with van der Waals surface area (Å²) in [4.78, 5) is 19.3. The fraction of sp³-hybridized carbons (Fsp3) is 0. The molecule has 0 bridgehead atoms. The van der Waals surface area contributed by atoms with Crippen molar-refractivity contribution in [1.29, 1.82) is 0 Å². The minimum Gasteiger partial charge on any atom is -0.254 e. The molecular formula is C30H17IN4. The van der Waals surface area contributed by atoms with Crippen LogP contribution < -0.4 is 0 Å². The Hall–Kier alpha value is -3.97. The van der Waals surface area contributed by atoms with E-state index in [1.807, 2.05) is 24.5 Å². The molecule has 7 aromatic rings. The van der Waals surface area contributed by atoms with Crippen LogP contribution in [0.25, 0.3) is 66.1 Å². The summed E-state index contributed by atoms with van der Waals surface area (Å²) in [6, 6.07) is 31.3. The van der Waals surface area contributed by atoms with Crippen molar-refractivity contribution < 1.29 is 0 Å². The van der Waals surface area contributed by atoms with Crippen LogP contribution in [0.1, 0.15) is 0 Å². The van der Waals surface area contributed by atoms with Crippen LogP contribution in [0.2, 0.25) is 0 Å². The number of pyridine rings is 4. The summed E-state index contributed by atoms with van der Waals surface area (Å²) >= 11 is 2.37. The van der Waals surface area contributed by atoms with Crippen LogP contribution in [0.5, 0.6) is 0 Å². The van der Waals surface area contributed by atoms with Crippen molar-refractivity contribution in [3.05, 3.63) is 107 Å². The van der Waals surface area contributed by atoms with Crippen LogP contribution in [0.4, 0.5) is 0 Å². The molecule has 7 rings (SSSR count).